The second-order valence-corrected chi connectivity index (χ2v) is 10.5. The molecule has 6 heteroatoms. The molecule has 1 saturated carbocycles. The number of methoxy groups -OCH3 is 1. The van der Waals surface area contributed by atoms with Crippen molar-refractivity contribution in [3.63, 3.8) is 0 Å². The minimum Gasteiger partial charge on any atom is -0.494 e. The summed E-state index contributed by atoms with van der Waals surface area (Å²) in [6.07, 6.45) is 6.60. The average Bonchev–Trinajstić information content (AvgIpc) is 2.90. The molecule has 0 bridgehead atoms. The molecule has 35 heavy (non-hydrogen) atoms. The van der Waals surface area contributed by atoms with Gasteiger partial charge in [-0.3, -0.25) is 9.69 Å². The molecule has 3 atom stereocenters. The first kappa shape index (κ1) is 24.1. The Morgan fingerprint density at radius 2 is 1.80 bits per heavy atom. The molecule has 5 nitrogen and oxygen atoms in total. The lowest BCUT2D eigenvalue weighted by atomic mass is 9.78. The summed E-state index contributed by atoms with van der Waals surface area (Å²) in [6.45, 7) is 5.47. The smallest absolute Gasteiger partial charge is 0.155 e. The zero-order valence-corrected chi connectivity index (χ0v) is 21.0. The van der Waals surface area contributed by atoms with E-state index in [0.717, 1.165) is 51.1 Å². The number of hydrogen-bond acceptors (Lipinski definition) is 5. The highest BCUT2D eigenvalue weighted by Gasteiger charge is 2.41. The van der Waals surface area contributed by atoms with Gasteiger partial charge in [0.25, 0.3) is 0 Å². The number of nitrogens with one attached hydrogen (secondary N) is 1. The molecule has 1 N–H and O–H groups in total. The van der Waals surface area contributed by atoms with E-state index in [4.69, 9.17) is 4.74 Å². The van der Waals surface area contributed by atoms with Gasteiger partial charge < -0.3 is 15.0 Å². The maximum atomic E-state index is 14.0. The highest BCUT2D eigenvalue weighted by Crippen LogP contribution is 2.38. The molecule has 2 fully saturated rings. The molecule has 0 spiro atoms. The molecule has 1 unspecified atom stereocenters. The number of piperazine rings is 1. The molecule has 3 aliphatic rings. The predicted octanol–water partition coefficient (Wildman–Crippen LogP) is 5.46. The molecule has 0 amide bonds. The minimum absolute atomic E-state index is 0.112. The SMILES string of the molecule is COc1cc(F)ccc1N1CCN(C(C(=O)C2CCCCC2)[C@@H]2C[C@H](C)c3ccccc3N2)CC1. The number of para-hydroxylation sites is 1. The number of rotatable bonds is 6. The van der Waals surface area contributed by atoms with Crippen molar-refractivity contribution in [2.75, 3.05) is 43.5 Å². The first-order valence-corrected chi connectivity index (χ1v) is 13.3. The number of nitrogens with zero attached hydrogens (tertiary/aromatic N) is 2. The number of carbonyl (C=O) groups is 1. The van der Waals surface area contributed by atoms with Crippen molar-refractivity contribution in [1.29, 1.82) is 0 Å². The summed E-state index contributed by atoms with van der Waals surface area (Å²) in [4.78, 5) is 18.7. The van der Waals surface area contributed by atoms with Crippen molar-refractivity contribution in [2.45, 2.75) is 63.5 Å². The Labute approximate surface area is 208 Å². The highest BCUT2D eigenvalue weighted by atomic mass is 19.1. The third-order valence-corrected chi connectivity index (χ3v) is 8.31. The minimum atomic E-state index is -0.292. The second kappa shape index (κ2) is 10.6. The summed E-state index contributed by atoms with van der Waals surface area (Å²) in [5.74, 6) is 1.30. The van der Waals surface area contributed by atoms with E-state index in [1.165, 1.54) is 42.6 Å². The van der Waals surface area contributed by atoms with Crippen molar-refractivity contribution in [3.8, 4) is 5.75 Å². The van der Waals surface area contributed by atoms with Gasteiger partial charge >= 0.3 is 0 Å². The Morgan fingerprint density at radius 3 is 2.54 bits per heavy atom. The van der Waals surface area contributed by atoms with E-state index < -0.39 is 0 Å². The zero-order valence-electron chi connectivity index (χ0n) is 21.0. The van der Waals surface area contributed by atoms with E-state index in [0.29, 0.717) is 17.5 Å². The lowest BCUT2D eigenvalue weighted by Gasteiger charge is -2.45. The summed E-state index contributed by atoms with van der Waals surface area (Å²) in [5, 5.41) is 3.77. The van der Waals surface area contributed by atoms with Gasteiger partial charge in [0.05, 0.1) is 18.8 Å². The number of anilines is 2. The van der Waals surface area contributed by atoms with Gasteiger partial charge in [0, 0.05) is 49.9 Å². The second-order valence-electron chi connectivity index (χ2n) is 10.5. The van der Waals surface area contributed by atoms with Crippen LogP contribution in [0.4, 0.5) is 15.8 Å². The molecular weight excluding hydrogens is 441 g/mol. The van der Waals surface area contributed by atoms with Crippen molar-refractivity contribution >= 4 is 17.2 Å². The maximum absolute atomic E-state index is 14.0. The average molecular weight is 480 g/mol. The fraction of sp³-hybridized carbons (Fsp3) is 0.552. The topological polar surface area (TPSA) is 44.8 Å². The molecule has 2 aliphatic heterocycles. The number of ketones is 1. The zero-order chi connectivity index (χ0) is 24.4. The van der Waals surface area contributed by atoms with Gasteiger partial charge in [-0.05, 0) is 48.9 Å². The van der Waals surface area contributed by atoms with E-state index >= 15 is 0 Å². The normalized spacial score (nSPS) is 24.4. The molecule has 5 rings (SSSR count). The van der Waals surface area contributed by atoms with Crippen LogP contribution in [0.25, 0.3) is 0 Å². The third-order valence-electron chi connectivity index (χ3n) is 8.31. The first-order valence-electron chi connectivity index (χ1n) is 13.3. The van der Waals surface area contributed by atoms with Crippen molar-refractivity contribution in [2.24, 2.45) is 5.92 Å². The number of hydrogen-bond donors (Lipinski definition) is 1. The van der Waals surface area contributed by atoms with E-state index in [1.54, 1.807) is 13.2 Å². The summed E-state index contributed by atoms with van der Waals surface area (Å²) < 4.78 is 19.2. The van der Waals surface area contributed by atoms with Gasteiger partial charge in [0.2, 0.25) is 0 Å². The van der Waals surface area contributed by atoms with Crippen LogP contribution >= 0.6 is 0 Å². The lowest BCUT2D eigenvalue weighted by Crippen LogP contribution is -2.60. The fourth-order valence-electron chi connectivity index (χ4n) is 6.45. The molecule has 2 aromatic carbocycles. The number of Topliss-reactive ketones (excluding diaryl/α,β-unsaturated/α-hetero) is 1. The quantitative estimate of drug-likeness (QED) is 0.596. The van der Waals surface area contributed by atoms with Crippen LogP contribution in [0.3, 0.4) is 0 Å². The molecule has 1 saturated heterocycles. The number of fused-ring (bicyclic) bond motifs is 1. The molecular formula is C29H38FN3O2. The molecule has 188 valence electrons. The van der Waals surface area contributed by atoms with E-state index in [1.807, 2.05) is 0 Å². The van der Waals surface area contributed by atoms with E-state index in [2.05, 4.69) is 46.3 Å². The van der Waals surface area contributed by atoms with E-state index in [9.17, 15) is 9.18 Å². The maximum Gasteiger partial charge on any atom is 0.155 e. The van der Waals surface area contributed by atoms with Gasteiger partial charge in [-0.25, -0.2) is 4.39 Å². The molecule has 0 radical (unpaired) electrons. The Bertz CT molecular complexity index is 1030. The van der Waals surface area contributed by atoms with Gasteiger partial charge in [-0.1, -0.05) is 44.4 Å². The van der Waals surface area contributed by atoms with Crippen LogP contribution in [0.15, 0.2) is 42.5 Å². The van der Waals surface area contributed by atoms with Crippen LogP contribution < -0.4 is 15.0 Å². The van der Waals surface area contributed by atoms with Crippen molar-refractivity contribution < 1.29 is 13.9 Å². The van der Waals surface area contributed by atoms with Crippen LogP contribution in [0.5, 0.6) is 5.75 Å². The number of carbonyl (C=O) groups excluding carboxylic acids is 1. The summed E-state index contributed by atoms with van der Waals surface area (Å²) in [5.41, 5.74) is 3.44. The molecule has 0 aromatic heterocycles. The summed E-state index contributed by atoms with van der Waals surface area (Å²) >= 11 is 0. The standard InChI is InChI=1S/C29H38FN3O2/c1-20-18-25(31-24-11-7-6-10-23(20)24)28(29(34)21-8-4-3-5-9-21)33-16-14-32(15-17-33)26-13-12-22(30)19-27(26)35-2/h6-7,10-13,19-21,25,28,31H,3-5,8-9,14-18H2,1-2H3/t20-,25-,28?/m0/s1. The molecule has 1 aliphatic carbocycles. The Balaban J connectivity index is 1.36. The van der Waals surface area contributed by atoms with Crippen LogP contribution in [0.1, 0.15) is 56.9 Å². The number of benzene rings is 2. The molecule has 2 aromatic rings. The van der Waals surface area contributed by atoms with E-state index in [-0.39, 0.29) is 23.8 Å². The number of ether oxygens (including phenoxy) is 1. The Kier molecular flexibility index (Phi) is 7.28. The largest absolute Gasteiger partial charge is 0.494 e. The van der Waals surface area contributed by atoms with Crippen LogP contribution in [-0.2, 0) is 4.79 Å². The Morgan fingerprint density at radius 1 is 1.06 bits per heavy atom. The van der Waals surface area contributed by atoms with Crippen molar-refractivity contribution in [1.82, 2.24) is 4.90 Å². The fourth-order valence-corrected chi connectivity index (χ4v) is 6.45. The third kappa shape index (κ3) is 5.04. The predicted molar refractivity (Wildman–Crippen MR) is 139 cm³/mol. The summed E-state index contributed by atoms with van der Waals surface area (Å²) in [7, 11) is 1.58. The summed E-state index contributed by atoms with van der Waals surface area (Å²) in [6, 6.07) is 13.3. The van der Waals surface area contributed by atoms with Gasteiger partial charge in [0.1, 0.15) is 11.6 Å². The molecule has 2 heterocycles. The van der Waals surface area contributed by atoms with Gasteiger partial charge in [-0.15, -0.1) is 0 Å². The van der Waals surface area contributed by atoms with Crippen molar-refractivity contribution in [3.05, 3.63) is 53.8 Å². The van der Waals surface area contributed by atoms with Gasteiger partial charge in [0.15, 0.2) is 5.78 Å². The van der Waals surface area contributed by atoms with Crippen LogP contribution in [0.2, 0.25) is 0 Å². The van der Waals surface area contributed by atoms with Gasteiger partial charge in [-0.2, -0.15) is 0 Å². The lowest BCUT2D eigenvalue weighted by molar-refractivity contribution is -0.130. The first-order chi connectivity index (χ1) is 17.0. The monoisotopic (exact) mass is 479 g/mol. The van der Waals surface area contributed by atoms with Crippen LogP contribution in [-0.4, -0.2) is 56.1 Å². The Hall–Kier alpha value is -2.60. The highest BCUT2D eigenvalue weighted by molar-refractivity contribution is 5.88. The van der Waals surface area contributed by atoms with Crippen LogP contribution in [0, 0.1) is 11.7 Å². The number of halogens is 1.